The highest BCUT2D eigenvalue weighted by Crippen LogP contribution is 2.18. The molecule has 1 heterocycles. The van der Waals surface area contributed by atoms with Crippen LogP contribution in [0.15, 0.2) is 54.6 Å². The maximum atomic E-state index is 12.4. The second kappa shape index (κ2) is 7.81. The summed E-state index contributed by atoms with van der Waals surface area (Å²) in [5, 5.41) is 5.66. The summed E-state index contributed by atoms with van der Waals surface area (Å²) in [7, 11) is 0. The standard InChI is InChI=1S/C19H22N4O2/c20-17(14-6-2-1-3-7-14)13-22-18(24)15-8-4-9-16(12-15)23-11-5-10-21-19(23)25/h1-4,6-9,12,17H,5,10-11,13,20H2,(H,21,25)(H,22,24). The third-order valence-electron chi connectivity index (χ3n) is 4.21. The highest BCUT2D eigenvalue weighted by atomic mass is 16.2. The van der Waals surface area contributed by atoms with Crippen molar-refractivity contribution in [3.63, 3.8) is 0 Å². The molecule has 3 amide bonds. The molecule has 6 heteroatoms. The first-order chi connectivity index (χ1) is 12.1. The predicted octanol–water partition coefficient (Wildman–Crippen LogP) is 2.04. The second-order valence-corrected chi connectivity index (χ2v) is 6.01. The average Bonchev–Trinajstić information content (AvgIpc) is 2.67. The number of nitrogens with zero attached hydrogens (tertiary/aromatic N) is 1. The second-order valence-electron chi connectivity index (χ2n) is 6.01. The lowest BCUT2D eigenvalue weighted by Crippen LogP contribution is -2.46. The lowest BCUT2D eigenvalue weighted by Gasteiger charge is -2.27. The molecule has 1 aliphatic heterocycles. The fourth-order valence-electron chi connectivity index (χ4n) is 2.81. The van der Waals surface area contributed by atoms with Gasteiger partial charge < -0.3 is 16.4 Å². The molecule has 4 N–H and O–H groups in total. The Morgan fingerprint density at radius 3 is 2.76 bits per heavy atom. The Labute approximate surface area is 147 Å². The van der Waals surface area contributed by atoms with E-state index in [1.54, 1.807) is 23.1 Å². The van der Waals surface area contributed by atoms with Crippen molar-refractivity contribution in [2.24, 2.45) is 5.73 Å². The SMILES string of the molecule is NC(CNC(=O)c1cccc(N2CCCNC2=O)c1)c1ccccc1. The number of hydrogen-bond acceptors (Lipinski definition) is 3. The van der Waals surface area contributed by atoms with Crippen LogP contribution in [0.4, 0.5) is 10.5 Å². The number of nitrogens with one attached hydrogen (secondary N) is 2. The smallest absolute Gasteiger partial charge is 0.321 e. The summed E-state index contributed by atoms with van der Waals surface area (Å²) in [6.45, 7) is 1.68. The molecule has 1 fully saturated rings. The van der Waals surface area contributed by atoms with Crippen LogP contribution in [0.2, 0.25) is 0 Å². The number of nitrogens with two attached hydrogens (primary N) is 1. The Morgan fingerprint density at radius 1 is 1.20 bits per heavy atom. The minimum Gasteiger partial charge on any atom is -0.350 e. The number of carbonyl (C=O) groups excluding carboxylic acids is 2. The van der Waals surface area contributed by atoms with Gasteiger partial charge in [-0.15, -0.1) is 0 Å². The maximum Gasteiger partial charge on any atom is 0.321 e. The molecule has 3 rings (SSSR count). The van der Waals surface area contributed by atoms with Crippen LogP contribution in [0.3, 0.4) is 0 Å². The molecule has 0 aliphatic carbocycles. The fraction of sp³-hybridized carbons (Fsp3) is 0.263. The fourth-order valence-corrected chi connectivity index (χ4v) is 2.81. The van der Waals surface area contributed by atoms with Crippen molar-refractivity contribution < 1.29 is 9.59 Å². The van der Waals surface area contributed by atoms with E-state index in [1.165, 1.54) is 0 Å². The molecule has 0 spiro atoms. The van der Waals surface area contributed by atoms with Crippen molar-refractivity contribution >= 4 is 17.6 Å². The monoisotopic (exact) mass is 338 g/mol. The van der Waals surface area contributed by atoms with Gasteiger partial charge in [0.1, 0.15) is 0 Å². The lowest BCUT2D eigenvalue weighted by atomic mass is 10.1. The van der Waals surface area contributed by atoms with Gasteiger partial charge in [-0.3, -0.25) is 9.69 Å². The molecule has 0 bridgehead atoms. The molecule has 0 saturated carbocycles. The highest BCUT2D eigenvalue weighted by Gasteiger charge is 2.20. The topological polar surface area (TPSA) is 87.5 Å². The molecule has 6 nitrogen and oxygen atoms in total. The Hall–Kier alpha value is -2.86. The van der Waals surface area contributed by atoms with Gasteiger partial charge in [0.2, 0.25) is 0 Å². The summed E-state index contributed by atoms with van der Waals surface area (Å²) in [6, 6.07) is 16.3. The molecule has 0 aromatic heterocycles. The molecule has 2 aromatic carbocycles. The molecule has 2 aromatic rings. The Bertz CT molecular complexity index is 748. The summed E-state index contributed by atoms with van der Waals surface area (Å²) in [5.41, 5.74) is 8.31. The normalized spacial score (nSPS) is 15.4. The minimum absolute atomic E-state index is 0.130. The Morgan fingerprint density at radius 2 is 2.00 bits per heavy atom. The van der Waals surface area contributed by atoms with Crippen LogP contribution >= 0.6 is 0 Å². The third kappa shape index (κ3) is 4.16. The van der Waals surface area contributed by atoms with Gasteiger partial charge in [0.25, 0.3) is 5.91 Å². The van der Waals surface area contributed by atoms with Gasteiger partial charge in [0, 0.05) is 36.9 Å². The number of hydrogen-bond donors (Lipinski definition) is 3. The number of rotatable bonds is 5. The number of carbonyl (C=O) groups is 2. The first kappa shape index (κ1) is 17.0. The zero-order valence-electron chi connectivity index (χ0n) is 13.9. The molecule has 1 atom stereocenters. The van der Waals surface area contributed by atoms with Gasteiger partial charge in [-0.1, -0.05) is 36.4 Å². The Kier molecular flexibility index (Phi) is 5.30. The summed E-state index contributed by atoms with van der Waals surface area (Å²) in [6.07, 6.45) is 0.883. The van der Waals surface area contributed by atoms with Crippen LogP contribution in [0, 0.1) is 0 Å². The van der Waals surface area contributed by atoms with Gasteiger partial charge in [0.05, 0.1) is 0 Å². The maximum absolute atomic E-state index is 12.4. The zero-order chi connectivity index (χ0) is 17.6. The van der Waals surface area contributed by atoms with Gasteiger partial charge in [-0.2, -0.15) is 0 Å². The predicted molar refractivity (Wildman–Crippen MR) is 97.5 cm³/mol. The molecular formula is C19H22N4O2. The van der Waals surface area contributed by atoms with Gasteiger partial charge in [-0.25, -0.2) is 4.79 Å². The molecule has 1 saturated heterocycles. The molecule has 130 valence electrons. The van der Waals surface area contributed by atoms with Crippen LogP contribution in [0.5, 0.6) is 0 Å². The molecule has 1 unspecified atom stereocenters. The Balaban J connectivity index is 1.64. The van der Waals surface area contributed by atoms with E-state index in [9.17, 15) is 9.59 Å². The van der Waals surface area contributed by atoms with E-state index in [0.29, 0.717) is 25.2 Å². The average molecular weight is 338 g/mol. The van der Waals surface area contributed by atoms with Gasteiger partial charge in [0.15, 0.2) is 0 Å². The quantitative estimate of drug-likeness (QED) is 0.779. The molecule has 0 radical (unpaired) electrons. The van der Waals surface area contributed by atoms with E-state index >= 15 is 0 Å². The van der Waals surface area contributed by atoms with Crippen molar-refractivity contribution in [3.8, 4) is 0 Å². The van der Waals surface area contributed by atoms with E-state index < -0.39 is 0 Å². The summed E-state index contributed by atoms with van der Waals surface area (Å²) < 4.78 is 0. The largest absolute Gasteiger partial charge is 0.350 e. The van der Waals surface area contributed by atoms with E-state index in [2.05, 4.69) is 10.6 Å². The van der Waals surface area contributed by atoms with E-state index in [-0.39, 0.29) is 18.0 Å². The summed E-state index contributed by atoms with van der Waals surface area (Å²) in [5.74, 6) is -0.203. The summed E-state index contributed by atoms with van der Waals surface area (Å²) in [4.78, 5) is 26.0. The minimum atomic E-state index is -0.263. The molecule has 1 aliphatic rings. The third-order valence-corrected chi connectivity index (χ3v) is 4.21. The van der Waals surface area contributed by atoms with Crippen molar-refractivity contribution in [2.45, 2.75) is 12.5 Å². The first-order valence-electron chi connectivity index (χ1n) is 8.39. The van der Waals surface area contributed by atoms with Crippen molar-refractivity contribution in [2.75, 3.05) is 24.5 Å². The van der Waals surface area contributed by atoms with Gasteiger partial charge in [-0.05, 0) is 30.2 Å². The van der Waals surface area contributed by atoms with Crippen LogP contribution in [0.25, 0.3) is 0 Å². The number of amides is 3. The molecular weight excluding hydrogens is 316 g/mol. The number of benzene rings is 2. The first-order valence-corrected chi connectivity index (χ1v) is 8.39. The lowest BCUT2D eigenvalue weighted by molar-refractivity contribution is 0.0951. The van der Waals surface area contributed by atoms with E-state index in [4.69, 9.17) is 5.73 Å². The number of anilines is 1. The van der Waals surface area contributed by atoms with Crippen LogP contribution in [0.1, 0.15) is 28.4 Å². The summed E-state index contributed by atoms with van der Waals surface area (Å²) >= 11 is 0. The molecule has 25 heavy (non-hydrogen) atoms. The van der Waals surface area contributed by atoms with Gasteiger partial charge >= 0.3 is 6.03 Å². The van der Waals surface area contributed by atoms with E-state index in [0.717, 1.165) is 17.7 Å². The van der Waals surface area contributed by atoms with Crippen LogP contribution < -0.4 is 21.3 Å². The highest BCUT2D eigenvalue weighted by molar-refractivity contribution is 5.97. The van der Waals surface area contributed by atoms with Crippen molar-refractivity contribution in [1.82, 2.24) is 10.6 Å². The zero-order valence-corrected chi connectivity index (χ0v) is 13.9. The van der Waals surface area contributed by atoms with Crippen molar-refractivity contribution in [3.05, 3.63) is 65.7 Å². The van der Waals surface area contributed by atoms with Crippen molar-refractivity contribution in [1.29, 1.82) is 0 Å². The van der Waals surface area contributed by atoms with E-state index in [1.807, 2.05) is 36.4 Å². The van der Waals surface area contributed by atoms with Crippen LogP contribution in [-0.4, -0.2) is 31.6 Å². The van der Waals surface area contributed by atoms with Crippen LogP contribution in [-0.2, 0) is 0 Å². The number of urea groups is 1.